The van der Waals surface area contributed by atoms with Gasteiger partial charge in [-0.3, -0.25) is 9.10 Å². The first-order valence-corrected chi connectivity index (χ1v) is 17.6. The molecule has 0 atom stereocenters. The molecule has 0 radical (unpaired) electrons. The van der Waals surface area contributed by atoms with E-state index < -0.39 is 16.0 Å². The third kappa shape index (κ3) is 6.19. The van der Waals surface area contributed by atoms with Crippen molar-refractivity contribution in [3.05, 3.63) is 110 Å². The number of para-hydroxylation sites is 2. The molecule has 2 N–H and O–H groups in total. The first-order chi connectivity index (χ1) is 21.6. The number of sulfonamides is 1. The van der Waals surface area contributed by atoms with Crippen molar-refractivity contribution >= 4 is 83.0 Å². The number of fused-ring (bicyclic) bond motifs is 1. The fraction of sp³-hybridized carbons (Fsp3) is 0.188. The zero-order valence-corrected chi connectivity index (χ0v) is 27.8. The Hall–Kier alpha value is -3.84. The predicted molar refractivity (Wildman–Crippen MR) is 182 cm³/mol. The van der Waals surface area contributed by atoms with Crippen LogP contribution in [-0.2, 0) is 16.4 Å². The van der Waals surface area contributed by atoms with E-state index in [-0.39, 0.29) is 28.1 Å². The van der Waals surface area contributed by atoms with Crippen molar-refractivity contribution < 1.29 is 23.1 Å². The van der Waals surface area contributed by atoms with Crippen LogP contribution in [0.3, 0.4) is 0 Å². The Morgan fingerprint density at radius 1 is 0.978 bits per heavy atom. The van der Waals surface area contributed by atoms with Crippen LogP contribution in [-0.4, -0.2) is 68.0 Å². The van der Waals surface area contributed by atoms with Crippen molar-refractivity contribution in [1.82, 2.24) is 9.88 Å². The number of benzene rings is 3. The summed E-state index contributed by atoms with van der Waals surface area (Å²) in [4.78, 5) is 32.1. The van der Waals surface area contributed by atoms with Gasteiger partial charge in [-0.25, -0.2) is 13.2 Å². The van der Waals surface area contributed by atoms with Gasteiger partial charge in [0.1, 0.15) is 10.6 Å². The van der Waals surface area contributed by atoms with Crippen LogP contribution in [0.1, 0.15) is 25.7 Å². The lowest BCUT2D eigenvalue weighted by Crippen LogP contribution is -2.49. The minimum absolute atomic E-state index is 0.00681. The second-order valence-corrected chi connectivity index (χ2v) is 14.5. The quantitative estimate of drug-likeness (QED) is 0.174. The number of anilines is 2. The summed E-state index contributed by atoms with van der Waals surface area (Å²) in [7, 11) is -4.14. The van der Waals surface area contributed by atoms with Crippen LogP contribution in [0.15, 0.2) is 93.6 Å². The molecule has 1 aliphatic heterocycles. The van der Waals surface area contributed by atoms with Gasteiger partial charge in [0.25, 0.3) is 15.9 Å². The standard InChI is InChI=1S/C32H28BrClN4O5S2/c33-24-13-19-44-30(24)31(39)37-17-15-36(16-18-37)26-8-4-5-9-27(26)38(14-12-21-6-2-1-3-7-21)45(42,43)22-10-11-25-23(20-22)28(34)29(35-25)32(40)41/h1-11,13,19-20,35H,12,14-18H2,(H,40,41). The number of halogens is 2. The van der Waals surface area contributed by atoms with Crippen LogP contribution in [0, 0.1) is 0 Å². The minimum atomic E-state index is -4.14. The van der Waals surface area contributed by atoms with Gasteiger partial charge in [0, 0.05) is 48.1 Å². The number of piperazine rings is 1. The largest absolute Gasteiger partial charge is 0.477 e. The van der Waals surface area contributed by atoms with E-state index in [4.69, 9.17) is 11.6 Å². The average molecular weight is 728 g/mol. The maximum absolute atomic E-state index is 14.5. The third-order valence-corrected chi connectivity index (χ3v) is 11.9. The molecule has 232 valence electrons. The molecule has 0 spiro atoms. The normalized spacial score (nSPS) is 13.7. The molecule has 1 saturated heterocycles. The van der Waals surface area contributed by atoms with Gasteiger partial charge in [-0.1, -0.05) is 54.1 Å². The lowest BCUT2D eigenvalue weighted by Gasteiger charge is -2.38. The summed E-state index contributed by atoms with van der Waals surface area (Å²) in [6.45, 7) is 2.20. The van der Waals surface area contributed by atoms with Gasteiger partial charge in [0.2, 0.25) is 0 Å². The molecule has 0 aliphatic carbocycles. The highest BCUT2D eigenvalue weighted by atomic mass is 79.9. The van der Waals surface area contributed by atoms with E-state index in [1.807, 2.05) is 64.9 Å². The Bertz CT molecular complexity index is 1990. The van der Waals surface area contributed by atoms with Gasteiger partial charge in [-0.05, 0) is 69.7 Å². The summed E-state index contributed by atoms with van der Waals surface area (Å²) >= 11 is 11.2. The van der Waals surface area contributed by atoms with E-state index in [9.17, 15) is 23.1 Å². The minimum Gasteiger partial charge on any atom is -0.477 e. The van der Waals surface area contributed by atoms with Crippen molar-refractivity contribution in [2.24, 2.45) is 0 Å². The molecule has 9 nitrogen and oxygen atoms in total. The molecule has 5 aromatic rings. The lowest BCUT2D eigenvalue weighted by molar-refractivity contribution is 0.0690. The van der Waals surface area contributed by atoms with E-state index in [1.165, 1.54) is 33.8 Å². The Kier molecular flexibility index (Phi) is 8.91. The summed E-state index contributed by atoms with van der Waals surface area (Å²) in [6.07, 6.45) is 0.461. The summed E-state index contributed by atoms with van der Waals surface area (Å²) < 4.78 is 31.1. The monoisotopic (exact) mass is 726 g/mol. The average Bonchev–Trinajstić information content (AvgIpc) is 3.64. The number of carbonyl (C=O) groups excluding carboxylic acids is 1. The summed E-state index contributed by atoms with van der Waals surface area (Å²) in [5.74, 6) is -1.26. The number of carbonyl (C=O) groups is 2. The number of nitrogens with zero attached hydrogens (tertiary/aromatic N) is 3. The number of nitrogens with one attached hydrogen (secondary N) is 1. The number of carboxylic acids is 1. The molecule has 1 amide bonds. The van der Waals surface area contributed by atoms with Crippen LogP contribution in [0.2, 0.25) is 5.02 Å². The van der Waals surface area contributed by atoms with E-state index in [0.717, 1.165) is 15.7 Å². The maximum Gasteiger partial charge on any atom is 0.353 e. The van der Waals surface area contributed by atoms with Crippen molar-refractivity contribution in [1.29, 1.82) is 0 Å². The first-order valence-electron chi connectivity index (χ1n) is 14.1. The number of carboxylic acid groups (broad SMARTS) is 1. The molecule has 0 unspecified atom stereocenters. The van der Waals surface area contributed by atoms with E-state index >= 15 is 0 Å². The van der Waals surface area contributed by atoms with Crippen molar-refractivity contribution in [2.75, 3.05) is 41.9 Å². The molecule has 6 rings (SSSR count). The number of aromatic amines is 1. The number of H-pyrrole nitrogens is 1. The van der Waals surface area contributed by atoms with Crippen molar-refractivity contribution in [2.45, 2.75) is 11.3 Å². The van der Waals surface area contributed by atoms with Gasteiger partial charge in [0.05, 0.1) is 21.3 Å². The lowest BCUT2D eigenvalue weighted by atomic mass is 10.1. The number of thiophene rings is 1. The molecular formula is C32H28BrClN4O5S2. The summed E-state index contributed by atoms with van der Waals surface area (Å²) in [5, 5.41) is 11.6. The molecule has 2 aromatic heterocycles. The van der Waals surface area contributed by atoms with Gasteiger partial charge in [-0.15, -0.1) is 11.3 Å². The molecule has 1 fully saturated rings. The summed E-state index contributed by atoms with van der Waals surface area (Å²) in [5.41, 5.74) is 2.47. The molecule has 45 heavy (non-hydrogen) atoms. The van der Waals surface area contributed by atoms with Crippen LogP contribution in [0.5, 0.6) is 0 Å². The van der Waals surface area contributed by atoms with Gasteiger partial charge < -0.3 is 19.9 Å². The highest BCUT2D eigenvalue weighted by molar-refractivity contribution is 9.10. The molecule has 0 bridgehead atoms. The molecule has 1 aliphatic rings. The Balaban J connectivity index is 1.34. The molecule has 3 heterocycles. The molecule has 3 aromatic carbocycles. The number of hydrogen-bond acceptors (Lipinski definition) is 6. The van der Waals surface area contributed by atoms with Gasteiger partial charge >= 0.3 is 5.97 Å². The smallest absolute Gasteiger partial charge is 0.353 e. The number of hydrogen-bond donors (Lipinski definition) is 2. The van der Waals surface area contributed by atoms with Crippen molar-refractivity contribution in [3.8, 4) is 0 Å². The third-order valence-electron chi connectivity index (χ3n) is 7.82. The van der Waals surface area contributed by atoms with E-state index in [1.54, 1.807) is 6.07 Å². The highest BCUT2D eigenvalue weighted by Gasteiger charge is 2.31. The van der Waals surface area contributed by atoms with Crippen molar-refractivity contribution in [3.63, 3.8) is 0 Å². The number of amides is 1. The first kappa shape index (κ1) is 31.2. The number of aromatic carboxylic acids is 1. The van der Waals surface area contributed by atoms with Gasteiger partial charge in [0.15, 0.2) is 0 Å². The number of aromatic nitrogens is 1. The maximum atomic E-state index is 14.5. The van der Waals surface area contributed by atoms with E-state index in [2.05, 4.69) is 25.8 Å². The molecule has 0 saturated carbocycles. The molecule has 13 heteroatoms. The van der Waals surface area contributed by atoms with Crippen LogP contribution in [0.25, 0.3) is 10.9 Å². The van der Waals surface area contributed by atoms with E-state index in [0.29, 0.717) is 54.1 Å². The Morgan fingerprint density at radius 2 is 1.69 bits per heavy atom. The Labute approximate surface area is 277 Å². The zero-order chi connectivity index (χ0) is 31.7. The molecular weight excluding hydrogens is 700 g/mol. The van der Waals surface area contributed by atoms with Crippen LogP contribution in [0.4, 0.5) is 11.4 Å². The fourth-order valence-corrected chi connectivity index (χ4v) is 8.80. The summed E-state index contributed by atoms with van der Waals surface area (Å²) in [6, 6.07) is 23.3. The predicted octanol–water partition coefficient (Wildman–Crippen LogP) is 6.74. The van der Waals surface area contributed by atoms with Crippen LogP contribution >= 0.6 is 38.9 Å². The highest BCUT2D eigenvalue weighted by Crippen LogP contribution is 2.36. The fourth-order valence-electron chi connectivity index (χ4n) is 5.50. The zero-order valence-electron chi connectivity index (χ0n) is 23.8. The SMILES string of the molecule is O=C(O)c1[nH]c2ccc(S(=O)(=O)N(CCc3ccccc3)c3ccccc3N3CCN(C(=O)c4sccc4Br)CC3)cc2c1Cl. The Morgan fingerprint density at radius 3 is 2.38 bits per heavy atom. The topological polar surface area (TPSA) is 114 Å². The van der Waals surface area contributed by atoms with Gasteiger partial charge in [-0.2, -0.15) is 0 Å². The second kappa shape index (κ2) is 12.9. The van der Waals surface area contributed by atoms with Crippen LogP contribution < -0.4 is 9.21 Å². The number of rotatable bonds is 9. The second-order valence-electron chi connectivity index (χ2n) is 10.5.